The Balaban J connectivity index is 1.76. The van der Waals surface area contributed by atoms with Crippen molar-refractivity contribution in [2.45, 2.75) is 18.5 Å². The number of nitrogens with one attached hydrogen (secondary N) is 1. The minimum Gasteiger partial charge on any atom is -0.497 e. The Labute approximate surface area is 145 Å². The van der Waals surface area contributed by atoms with E-state index in [1.165, 1.54) is 0 Å². The number of aromatic nitrogens is 4. The Morgan fingerprint density at radius 2 is 2.12 bits per heavy atom. The van der Waals surface area contributed by atoms with Crippen LogP contribution in [0.15, 0.2) is 49.1 Å². The first kappa shape index (κ1) is 15.4. The van der Waals surface area contributed by atoms with E-state index in [0.717, 1.165) is 35.0 Å². The molecule has 0 radical (unpaired) electrons. The number of nitrogens with zero attached hydrogens (tertiary/aromatic N) is 4. The largest absolute Gasteiger partial charge is 0.497 e. The summed E-state index contributed by atoms with van der Waals surface area (Å²) in [7, 11) is 3.31. The number of hydrogen-bond acceptors (Lipinski definition) is 6. The molecule has 0 spiro atoms. The zero-order chi connectivity index (χ0) is 17.2. The monoisotopic (exact) mass is 337 g/mol. The number of fused-ring (bicyclic) bond motifs is 1. The van der Waals surface area contributed by atoms with Gasteiger partial charge >= 0.3 is 0 Å². The van der Waals surface area contributed by atoms with E-state index in [9.17, 15) is 0 Å². The molecule has 3 aromatic rings. The number of methoxy groups -OCH3 is 2. The van der Waals surface area contributed by atoms with Gasteiger partial charge in [0, 0.05) is 24.0 Å². The maximum atomic E-state index is 5.60. The molecule has 0 saturated heterocycles. The normalized spacial score (nSPS) is 19.0. The van der Waals surface area contributed by atoms with Crippen molar-refractivity contribution in [1.29, 1.82) is 0 Å². The van der Waals surface area contributed by atoms with Crippen LogP contribution < -0.4 is 14.8 Å². The Hall–Kier alpha value is -3.09. The highest BCUT2D eigenvalue weighted by atomic mass is 16.5. The molecule has 3 heterocycles. The molecule has 0 aliphatic carbocycles. The maximum absolute atomic E-state index is 5.60. The molecule has 1 aromatic carbocycles. The van der Waals surface area contributed by atoms with Crippen molar-refractivity contribution >= 4 is 5.95 Å². The summed E-state index contributed by atoms with van der Waals surface area (Å²) in [5, 5.41) is 7.84. The average molecular weight is 337 g/mol. The van der Waals surface area contributed by atoms with Crippen LogP contribution in [0.25, 0.3) is 0 Å². The number of rotatable bonds is 4. The lowest BCUT2D eigenvalue weighted by atomic mass is 9.93. The van der Waals surface area contributed by atoms with E-state index in [4.69, 9.17) is 9.47 Å². The van der Waals surface area contributed by atoms with Crippen molar-refractivity contribution in [3.8, 4) is 11.5 Å². The van der Waals surface area contributed by atoms with Gasteiger partial charge in [-0.1, -0.05) is 6.07 Å². The van der Waals surface area contributed by atoms with E-state index in [1.807, 2.05) is 35.1 Å². The Bertz CT molecular complexity index is 865. The quantitative estimate of drug-likeness (QED) is 0.789. The molecule has 0 saturated carbocycles. The Kier molecular flexibility index (Phi) is 3.97. The lowest BCUT2D eigenvalue weighted by molar-refractivity contribution is 0.371. The second-order valence-electron chi connectivity index (χ2n) is 5.87. The molecule has 4 rings (SSSR count). The molecular formula is C18H19N5O2. The van der Waals surface area contributed by atoms with Crippen molar-refractivity contribution < 1.29 is 9.47 Å². The van der Waals surface area contributed by atoms with Crippen molar-refractivity contribution in [3.63, 3.8) is 0 Å². The van der Waals surface area contributed by atoms with Crippen LogP contribution in [-0.4, -0.2) is 34.0 Å². The number of benzene rings is 1. The van der Waals surface area contributed by atoms with Gasteiger partial charge in [-0.2, -0.15) is 10.1 Å². The first-order valence-electron chi connectivity index (χ1n) is 8.08. The first-order valence-corrected chi connectivity index (χ1v) is 8.08. The van der Waals surface area contributed by atoms with Crippen LogP contribution in [0.2, 0.25) is 0 Å². The van der Waals surface area contributed by atoms with Crippen LogP contribution in [0, 0.1) is 0 Å². The highest BCUT2D eigenvalue weighted by Gasteiger charge is 2.31. The summed E-state index contributed by atoms with van der Waals surface area (Å²) < 4.78 is 12.8. The van der Waals surface area contributed by atoms with Gasteiger partial charge in [0.2, 0.25) is 5.95 Å². The standard InChI is InChI=1S/C18H19N5O2/c1-24-13-5-6-14(17(8-13)25-2)16-9-15(12-4-3-7-19-10-12)22-18-20-11-21-23(16)18/h3-8,10-11,15-16H,9H2,1-2H3,(H,20,21,22)/t15-,16-/m1/s1. The zero-order valence-electron chi connectivity index (χ0n) is 14.1. The number of ether oxygens (including phenoxy) is 2. The van der Waals surface area contributed by atoms with E-state index in [1.54, 1.807) is 26.7 Å². The van der Waals surface area contributed by atoms with Gasteiger partial charge in [0.25, 0.3) is 0 Å². The minimum atomic E-state index is 0.00446. The van der Waals surface area contributed by atoms with E-state index in [2.05, 4.69) is 26.4 Å². The molecule has 0 unspecified atom stereocenters. The van der Waals surface area contributed by atoms with Crippen LogP contribution in [0.1, 0.15) is 29.6 Å². The predicted octanol–water partition coefficient (Wildman–Crippen LogP) is 2.84. The molecule has 0 amide bonds. The number of hydrogen-bond donors (Lipinski definition) is 1. The molecule has 128 valence electrons. The van der Waals surface area contributed by atoms with Gasteiger partial charge in [-0.3, -0.25) is 4.98 Å². The highest BCUT2D eigenvalue weighted by molar-refractivity contribution is 5.45. The SMILES string of the molecule is COc1ccc([C@H]2C[C@H](c3cccnc3)Nc3ncnn32)c(OC)c1. The lowest BCUT2D eigenvalue weighted by Gasteiger charge is -2.32. The third-order valence-corrected chi connectivity index (χ3v) is 4.52. The summed E-state index contributed by atoms with van der Waals surface area (Å²) in [5.74, 6) is 2.28. The number of anilines is 1. The molecular weight excluding hydrogens is 318 g/mol. The van der Waals surface area contributed by atoms with Gasteiger partial charge in [-0.25, -0.2) is 4.68 Å². The van der Waals surface area contributed by atoms with Gasteiger partial charge in [-0.05, 0) is 30.2 Å². The van der Waals surface area contributed by atoms with Crippen LogP contribution in [0.4, 0.5) is 5.95 Å². The van der Waals surface area contributed by atoms with E-state index < -0.39 is 0 Å². The molecule has 0 fully saturated rings. The highest BCUT2D eigenvalue weighted by Crippen LogP contribution is 2.41. The fraction of sp³-hybridized carbons (Fsp3) is 0.278. The molecule has 7 heteroatoms. The van der Waals surface area contributed by atoms with Crippen molar-refractivity contribution in [3.05, 3.63) is 60.2 Å². The summed E-state index contributed by atoms with van der Waals surface area (Å²) in [6.45, 7) is 0. The summed E-state index contributed by atoms with van der Waals surface area (Å²) in [6.07, 6.45) is 6.03. The molecule has 7 nitrogen and oxygen atoms in total. The van der Waals surface area contributed by atoms with Gasteiger partial charge in [0.15, 0.2) is 0 Å². The molecule has 0 bridgehead atoms. The van der Waals surface area contributed by atoms with Crippen molar-refractivity contribution in [2.24, 2.45) is 0 Å². The van der Waals surface area contributed by atoms with Crippen LogP contribution >= 0.6 is 0 Å². The predicted molar refractivity (Wildman–Crippen MR) is 92.9 cm³/mol. The van der Waals surface area contributed by atoms with Gasteiger partial charge in [-0.15, -0.1) is 0 Å². The first-order chi connectivity index (χ1) is 12.3. The van der Waals surface area contributed by atoms with Gasteiger partial charge in [0.1, 0.15) is 17.8 Å². The third-order valence-electron chi connectivity index (χ3n) is 4.52. The molecule has 2 aromatic heterocycles. The number of pyridine rings is 1. The van der Waals surface area contributed by atoms with E-state index in [-0.39, 0.29) is 12.1 Å². The van der Waals surface area contributed by atoms with Gasteiger partial charge < -0.3 is 14.8 Å². The second-order valence-corrected chi connectivity index (χ2v) is 5.87. The van der Waals surface area contributed by atoms with E-state index in [0.29, 0.717) is 0 Å². The Morgan fingerprint density at radius 1 is 1.20 bits per heavy atom. The Morgan fingerprint density at radius 3 is 2.88 bits per heavy atom. The van der Waals surface area contributed by atoms with Crippen LogP contribution in [0.5, 0.6) is 11.5 Å². The van der Waals surface area contributed by atoms with Gasteiger partial charge in [0.05, 0.1) is 26.3 Å². The summed E-state index contributed by atoms with van der Waals surface area (Å²) in [4.78, 5) is 8.59. The zero-order valence-corrected chi connectivity index (χ0v) is 14.1. The summed E-state index contributed by atoms with van der Waals surface area (Å²) in [6, 6.07) is 9.98. The molecule has 1 aliphatic heterocycles. The average Bonchev–Trinajstić information content (AvgIpc) is 3.16. The minimum absolute atomic E-state index is 0.00446. The smallest absolute Gasteiger partial charge is 0.222 e. The second kappa shape index (κ2) is 6.43. The maximum Gasteiger partial charge on any atom is 0.222 e. The molecule has 2 atom stereocenters. The summed E-state index contributed by atoms with van der Waals surface area (Å²) in [5.41, 5.74) is 2.17. The van der Waals surface area contributed by atoms with Crippen LogP contribution in [-0.2, 0) is 0 Å². The lowest BCUT2D eigenvalue weighted by Crippen LogP contribution is -2.28. The van der Waals surface area contributed by atoms with Crippen molar-refractivity contribution in [2.75, 3.05) is 19.5 Å². The summed E-state index contributed by atoms with van der Waals surface area (Å²) >= 11 is 0. The topological polar surface area (TPSA) is 74.1 Å². The third kappa shape index (κ3) is 2.77. The fourth-order valence-electron chi connectivity index (χ4n) is 3.27. The van der Waals surface area contributed by atoms with Crippen LogP contribution in [0.3, 0.4) is 0 Å². The van der Waals surface area contributed by atoms with Crippen molar-refractivity contribution in [1.82, 2.24) is 19.7 Å². The van der Waals surface area contributed by atoms with E-state index >= 15 is 0 Å². The molecule has 1 aliphatic rings. The fourth-order valence-corrected chi connectivity index (χ4v) is 3.27. The molecule has 1 N–H and O–H groups in total. The molecule has 25 heavy (non-hydrogen) atoms.